The van der Waals surface area contributed by atoms with Crippen molar-refractivity contribution >= 4 is 0 Å². The molecule has 0 unspecified atom stereocenters. The van der Waals surface area contributed by atoms with Crippen LogP contribution in [0.4, 0.5) is 0 Å². The first-order valence-electron chi connectivity index (χ1n) is 5.58. The Bertz CT molecular complexity index is 612. The average Bonchev–Trinajstić information content (AvgIpc) is 2.42. The number of rotatable bonds is 4. The van der Waals surface area contributed by atoms with E-state index in [1.54, 1.807) is 12.3 Å². The highest BCUT2D eigenvalue weighted by molar-refractivity contribution is 5.25. The summed E-state index contributed by atoms with van der Waals surface area (Å²) in [4.78, 5) is 11.7. The molecule has 0 fully saturated rings. The first kappa shape index (κ1) is 11.9. The zero-order valence-corrected chi connectivity index (χ0v) is 9.74. The van der Waals surface area contributed by atoms with Gasteiger partial charge < -0.3 is 9.30 Å². The Balaban J connectivity index is 2.00. The van der Waals surface area contributed by atoms with Gasteiger partial charge in [0.15, 0.2) is 0 Å². The Morgan fingerprint density at radius 1 is 1.17 bits per heavy atom. The lowest BCUT2D eigenvalue weighted by Gasteiger charge is -2.08. The highest BCUT2D eigenvalue weighted by Gasteiger charge is 2.01. The third kappa shape index (κ3) is 2.77. The van der Waals surface area contributed by atoms with Gasteiger partial charge in [-0.15, -0.1) is 0 Å². The third-order valence-corrected chi connectivity index (χ3v) is 2.48. The number of nitrogens with zero attached hydrogens (tertiary/aromatic N) is 2. The Hall–Kier alpha value is -2.54. The van der Waals surface area contributed by atoms with E-state index in [1.807, 2.05) is 36.4 Å². The Labute approximate surface area is 105 Å². The number of pyridine rings is 1. The molecule has 90 valence electrons. The highest BCUT2D eigenvalue weighted by atomic mass is 16.5. The van der Waals surface area contributed by atoms with Crippen molar-refractivity contribution in [3.05, 3.63) is 64.6 Å². The third-order valence-electron chi connectivity index (χ3n) is 2.48. The monoisotopic (exact) mass is 240 g/mol. The fourth-order valence-electron chi connectivity index (χ4n) is 1.58. The molecule has 18 heavy (non-hydrogen) atoms. The van der Waals surface area contributed by atoms with E-state index in [4.69, 9.17) is 10.00 Å². The van der Waals surface area contributed by atoms with Crippen LogP contribution >= 0.6 is 0 Å². The van der Waals surface area contributed by atoms with Crippen LogP contribution in [0.2, 0.25) is 0 Å². The van der Waals surface area contributed by atoms with Crippen LogP contribution in [0.25, 0.3) is 0 Å². The molecular weight excluding hydrogens is 228 g/mol. The lowest BCUT2D eigenvalue weighted by molar-refractivity contribution is 0.296. The number of hydrogen-bond acceptors (Lipinski definition) is 3. The van der Waals surface area contributed by atoms with Crippen LogP contribution in [0.1, 0.15) is 5.56 Å². The second-order valence-corrected chi connectivity index (χ2v) is 3.69. The molecule has 0 radical (unpaired) electrons. The summed E-state index contributed by atoms with van der Waals surface area (Å²) in [5, 5.41) is 8.75. The number of aromatic nitrogens is 1. The summed E-state index contributed by atoms with van der Waals surface area (Å²) < 4.78 is 6.97. The second kappa shape index (κ2) is 5.69. The van der Waals surface area contributed by atoms with Crippen LogP contribution in [0.3, 0.4) is 0 Å². The quantitative estimate of drug-likeness (QED) is 0.818. The van der Waals surface area contributed by atoms with Gasteiger partial charge in [0.2, 0.25) is 0 Å². The van der Waals surface area contributed by atoms with Gasteiger partial charge in [-0.3, -0.25) is 4.79 Å². The number of benzene rings is 1. The minimum absolute atomic E-state index is 0.150. The molecule has 0 spiro atoms. The Morgan fingerprint density at radius 3 is 2.67 bits per heavy atom. The van der Waals surface area contributed by atoms with E-state index in [0.29, 0.717) is 13.2 Å². The van der Waals surface area contributed by atoms with Gasteiger partial charge in [-0.2, -0.15) is 5.26 Å². The van der Waals surface area contributed by atoms with E-state index in [9.17, 15) is 4.79 Å². The smallest absolute Gasteiger partial charge is 0.268 e. The predicted molar refractivity (Wildman–Crippen MR) is 67.4 cm³/mol. The van der Waals surface area contributed by atoms with Gasteiger partial charge in [0, 0.05) is 6.20 Å². The molecule has 0 N–H and O–H groups in total. The minimum Gasteiger partial charge on any atom is -0.492 e. The number of hydrogen-bond donors (Lipinski definition) is 0. The van der Waals surface area contributed by atoms with Crippen molar-refractivity contribution in [2.24, 2.45) is 0 Å². The van der Waals surface area contributed by atoms with Gasteiger partial charge in [0.05, 0.1) is 6.54 Å². The minimum atomic E-state index is -0.281. The van der Waals surface area contributed by atoms with Crippen LogP contribution in [0, 0.1) is 11.3 Å². The zero-order valence-electron chi connectivity index (χ0n) is 9.74. The van der Waals surface area contributed by atoms with E-state index < -0.39 is 0 Å². The van der Waals surface area contributed by atoms with E-state index in [1.165, 1.54) is 10.6 Å². The van der Waals surface area contributed by atoms with Gasteiger partial charge in [-0.05, 0) is 24.3 Å². The summed E-state index contributed by atoms with van der Waals surface area (Å²) in [6.07, 6.45) is 1.65. The molecule has 4 heteroatoms. The Kier molecular flexibility index (Phi) is 3.77. The van der Waals surface area contributed by atoms with Crippen molar-refractivity contribution in [2.45, 2.75) is 6.54 Å². The fraction of sp³-hybridized carbons (Fsp3) is 0.143. The molecule has 0 saturated carbocycles. The molecule has 2 rings (SSSR count). The molecule has 0 amide bonds. The predicted octanol–water partition coefficient (Wildman–Crippen LogP) is 1.80. The van der Waals surface area contributed by atoms with Crippen molar-refractivity contribution in [2.75, 3.05) is 6.61 Å². The molecule has 0 bridgehead atoms. The Morgan fingerprint density at radius 2 is 1.94 bits per heavy atom. The number of nitriles is 1. The van der Waals surface area contributed by atoms with E-state index in [0.717, 1.165) is 5.75 Å². The van der Waals surface area contributed by atoms with Crippen LogP contribution in [-0.4, -0.2) is 11.2 Å². The molecule has 0 aliphatic heterocycles. The van der Waals surface area contributed by atoms with Gasteiger partial charge >= 0.3 is 0 Å². The maximum absolute atomic E-state index is 11.7. The normalized spacial score (nSPS) is 9.72. The van der Waals surface area contributed by atoms with Crippen molar-refractivity contribution in [1.82, 2.24) is 4.57 Å². The molecular formula is C14H12N2O2. The topological polar surface area (TPSA) is 55.0 Å². The maximum Gasteiger partial charge on any atom is 0.268 e. The van der Waals surface area contributed by atoms with Gasteiger partial charge in [-0.25, -0.2) is 0 Å². The second-order valence-electron chi connectivity index (χ2n) is 3.69. The molecule has 0 atom stereocenters. The summed E-state index contributed by atoms with van der Waals surface area (Å²) in [5.74, 6) is 0.766. The zero-order chi connectivity index (χ0) is 12.8. The van der Waals surface area contributed by atoms with Crippen LogP contribution in [0.15, 0.2) is 53.5 Å². The van der Waals surface area contributed by atoms with E-state index in [2.05, 4.69) is 0 Å². The van der Waals surface area contributed by atoms with Gasteiger partial charge in [0.1, 0.15) is 24.0 Å². The van der Waals surface area contributed by atoms with Crippen molar-refractivity contribution in [1.29, 1.82) is 5.26 Å². The highest BCUT2D eigenvalue weighted by Crippen LogP contribution is 2.07. The van der Waals surface area contributed by atoms with Crippen LogP contribution in [0.5, 0.6) is 5.75 Å². The number of para-hydroxylation sites is 1. The average molecular weight is 240 g/mol. The molecule has 0 saturated heterocycles. The summed E-state index contributed by atoms with van der Waals surface area (Å²) >= 11 is 0. The molecule has 1 aromatic carbocycles. The summed E-state index contributed by atoms with van der Waals surface area (Å²) in [6, 6.07) is 14.5. The fourth-order valence-corrected chi connectivity index (χ4v) is 1.58. The largest absolute Gasteiger partial charge is 0.492 e. The lowest BCUT2D eigenvalue weighted by atomic mass is 10.3. The molecule has 2 aromatic rings. The lowest BCUT2D eigenvalue weighted by Crippen LogP contribution is -2.24. The van der Waals surface area contributed by atoms with E-state index in [-0.39, 0.29) is 11.1 Å². The molecule has 4 nitrogen and oxygen atoms in total. The molecule has 0 aliphatic carbocycles. The maximum atomic E-state index is 11.7. The van der Waals surface area contributed by atoms with Gasteiger partial charge in [-0.1, -0.05) is 18.2 Å². The number of ether oxygens (including phenoxy) is 1. The SMILES string of the molecule is N#Cc1cccn(CCOc2ccccc2)c1=O. The summed E-state index contributed by atoms with van der Waals surface area (Å²) in [5.41, 5.74) is -0.131. The van der Waals surface area contributed by atoms with Crippen LogP contribution in [-0.2, 0) is 6.54 Å². The first-order valence-corrected chi connectivity index (χ1v) is 5.58. The van der Waals surface area contributed by atoms with Crippen molar-refractivity contribution in [3.8, 4) is 11.8 Å². The molecule has 1 heterocycles. The van der Waals surface area contributed by atoms with E-state index >= 15 is 0 Å². The van der Waals surface area contributed by atoms with Crippen LogP contribution < -0.4 is 10.3 Å². The van der Waals surface area contributed by atoms with Gasteiger partial charge in [0.25, 0.3) is 5.56 Å². The summed E-state index contributed by atoms with van der Waals surface area (Å²) in [6.45, 7) is 0.808. The molecule has 1 aromatic heterocycles. The van der Waals surface area contributed by atoms with Crippen molar-refractivity contribution in [3.63, 3.8) is 0 Å². The first-order chi connectivity index (χ1) is 8.81. The summed E-state index contributed by atoms with van der Waals surface area (Å²) in [7, 11) is 0. The van der Waals surface area contributed by atoms with Crippen molar-refractivity contribution < 1.29 is 4.74 Å². The standard InChI is InChI=1S/C14H12N2O2/c15-11-12-5-4-8-16(14(12)17)9-10-18-13-6-2-1-3-7-13/h1-8H,9-10H2. The molecule has 0 aliphatic rings.